The number of carbonyl (C=O) groups excluding carboxylic acids is 4. The zero-order valence-corrected chi connectivity index (χ0v) is 23.4. The van der Waals surface area contributed by atoms with Gasteiger partial charge in [0, 0.05) is 6.08 Å². The summed E-state index contributed by atoms with van der Waals surface area (Å²) >= 11 is 0. The van der Waals surface area contributed by atoms with Crippen LogP contribution < -0.4 is 4.74 Å². The predicted molar refractivity (Wildman–Crippen MR) is 147 cm³/mol. The highest BCUT2D eigenvalue weighted by atomic mass is 16.7. The van der Waals surface area contributed by atoms with E-state index in [1.165, 1.54) is 24.3 Å². The van der Waals surface area contributed by atoms with Crippen molar-refractivity contribution in [2.24, 2.45) is 0 Å². The van der Waals surface area contributed by atoms with Gasteiger partial charge in [0.1, 0.15) is 18.0 Å². The van der Waals surface area contributed by atoms with E-state index in [9.17, 15) is 19.2 Å². The molecule has 11 heteroatoms. The number of hydrogen-bond acceptors (Lipinski definition) is 11. The van der Waals surface area contributed by atoms with Crippen molar-refractivity contribution >= 4 is 24.1 Å². The summed E-state index contributed by atoms with van der Waals surface area (Å²) in [5, 5.41) is 0. The van der Waals surface area contributed by atoms with Crippen molar-refractivity contribution in [2.75, 3.05) is 26.4 Å². The third-order valence-corrected chi connectivity index (χ3v) is 6.73. The van der Waals surface area contributed by atoms with E-state index in [1.807, 2.05) is 19.1 Å². The van der Waals surface area contributed by atoms with E-state index in [-0.39, 0.29) is 31.1 Å². The van der Waals surface area contributed by atoms with Gasteiger partial charge >= 0.3 is 24.1 Å². The first-order valence-electron chi connectivity index (χ1n) is 13.8. The lowest BCUT2D eigenvalue weighted by atomic mass is 10.1. The minimum Gasteiger partial charge on any atom is -0.463 e. The predicted octanol–water partition coefficient (Wildman–Crippen LogP) is 4.35. The topological polar surface area (TPSA) is 133 Å². The maximum Gasteiger partial charge on any atom is 0.513 e. The summed E-state index contributed by atoms with van der Waals surface area (Å²) in [6.07, 6.45) is 0.864. The van der Waals surface area contributed by atoms with Gasteiger partial charge in [0.2, 0.25) is 0 Å². The highest BCUT2D eigenvalue weighted by molar-refractivity contribution is 5.90. The molecule has 2 unspecified atom stereocenters. The van der Waals surface area contributed by atoms with Crippen molar-refractivity contribution in [3.05, 3.63) is 77.9 Å². The van der Waals surface area contributed by atoms with Gasteiger partial charge in [-0.15, -0.1) is 0 Å². The lowest BCUT2D eigenvalue weighted by molar-refractivity contribution is -0.137. The number of carbonyl (C=O) groups is 4. The third-order valence-electron chi connectivity index (χ3n) is 6.73. The second-order valence-electron chi connectivity index (χ2n) is 9.86. The first kappa shape index (κ1) is 30.7. The van der Waals surface area contributed by atoms with E-state index in [0.29, 0.717) is 25.0 Å². The molecule has 2 fully saturated rings. The Hall–Kier alpha value is -4.22. The largest absolute Gasteiger partial charge is 0.513 e. The normalized spacial score (nSPS) is 20.7. The van der Waals surface area contributed by atoms with E-state index in [0.717, 1.165) is 24.5 Å². The van der Waals surface area contributed by atoms with Crippen LogP contribution in [0.2, 0.25) is 0 Å². The van der Waals surface area contributed by atoms with Crippen LogP contribution >= 0.6 is 0 Å². The van der Waals surface area contributed by atoms with Gasteiger partial charge in [-0.25, -0.2) is 19.2 Å². The molecular weight excluding hydrogens is 548 g/mol. The van der Waals surface area contributed by atoms with E-state index in [2.05, 4.69) is 6.58 Å². The molecule has 4 rings (SSSR count). The molecule has 0 aliphatic carbocycles. The number of unbranched alkanes of at least 4 members (excludes halogenated alkanes) is 3. The lowest BCUT2D eigenvalue weighted by Crippen LogP contribution is -2.36. The summed E-state index contributed by atoms with van der Waals surface area (Å²) in [6, 6.07) is 12.9. The Kier molecular flexibility index (Phi) is 11.1. The first-order chi connectivity index (χ1) is 20.3. The first-order valence-corrected chi connectivity index (χ1v) is 13.8. The quantitative estimate of drug-likeness (QED) is 0.110. The van der Waals surface area contributed by atoms with Gasteiger partial charge in [0.05, 0.1) is 37.6 Å². The summed E-state index contributed by atoms with van der Waals surface area (Å²) in [5.41, 5.74) is 1.72. The molecule has 0 bridgehead atoms. The van der Waals surface area contributed by atoms with Crippen molar-refractivity contribution in [1.29, 1.82) is 0 Å². The highest BCUT2D eigenvalue weighted by Gasteiger charge is 2.51. The number of benzene rings is 2. The average Bonchev–Trinajstić information content (AvgIpc) is 3.57. The van der Waals surface area contributed by atoms with Crippen LogP contribution in [0, 0.1) is 6.92 Å². The zero-order valence-electron chi connectivity index (χ0n) is 23.4. The fraction of sp³-hybridized carbons (Fsp3) is 0.419. The van der Waals surface area contributed by atoms with Gasteiger partial charge in [0.25, 0.3) is 0 Å². The smallest absolute Gasteiger partial charge is 0.463 e. The molecule has 0 radical (unpaired) electrons. The molecule has 0 amide bonds. The van der Waals surface area contributed by atoms with E-state index in [1.54, 1.807) is 12.1 Å². The van der Waals surface area contributed by atoms with Crippen LogP contribution in [0.15, 0.2) is 61.2 Å². The Labute approximate surface area is 243 Å². The third kappa shape index (κ3) is 8.64. The lowest BCUT2D eigenvalue weighted by Gasteiger charge is -2.17. The summed E-state index contributed by atoms with van der Waals surface area (Å²) in [5.74, 6) is -1.30. The van der Waals surface area contributed by atoms with Gasteiger partial charge in [-0.2, -0.15) is 0 Å². The number of fused-ring (bicyclic) bond motifs is 1. The molecule has 224 valence electrons. The van der Waals surface area contributed by atoms with Gasteiger partial charge in [-0.05, 0) is 69.0 Å². The van der Waals surface area contributed by atoms with Crippen LogP contribution in [-0.2, 0) is 33.2 Å². The fourth-order valence-corrected chi connectivity index (χ4v) is 4.46. The second kappa shape index (κ2) is 15.1. The standard InChI is InChI=1S/C31H34O11/c1-3-26(32)36-16-6-4-5-7-17-37-31(35)40-23-14-12-22(13-15-23)30(34)42-25-19-39-27-24(18-38-28(25)27)41-29(33)21-10-8-20(2)9-11-21/h3,8-15,24-25,27-28H,1,4-7,16-19H2,2H3/t24-,25-,27?,28?/m0/s1. The Bertz CT molecular complexity index is 1240. The van der Waals surface area contributed by atoms with Crippen molar-refractivity contribution in [1.82, 2.24) is 0 Å². The highest BCUT2D eigenvalue weighted by Crippen LogP contribution is 2.31. The Balaban J connectivity index is 1.14. The monoisotopic (exact) mass is 582 g/mol. The Morgan fingerprint density at radius 1 is 0.762 bits per heavy atom. The maximum atomic E-state index is 12.7. The number of hydrogen-bond donors (Lipinski definition) is 0. The number of ether oxygens (including phenoxy) is 7. The number of esters is 3. The summed E-state index contributed by atoms with van der Waals surface area (Å²) in [4.78, 5) is 48.1. The molecule has 42 heavy (non-hydrogen) atoms. The number of aryl methyl sites for hydroxylation is 1. The molecular formula is C31H34O11. The molecule has 2 aliphatic rings. The van der Waals surface area contributed by atoms with Crippen molar-refractivity contribution in [2.45, 2.75) is 57.0 Å². The average molecular weight is 583 g/mol. The van der Waals surface area contributed by atoms with Crippen LogP contribution in [0.1, 0.15) is 52.0 Å². The van der Waals surface area contributed by atoms with E-state index < -0.39 is 48.5 Å². The van der Waals surface area contributed by atoms with Gasteiger partial charge in [-0.1, -0.05) is 24.3 Å². The van der Waals surface area contributed by atoms with Gasteiger partial charge in [0.15, 0.2) is 12.2 Å². The van der Waals surface area contributed by atoms with E-state index >= 15 is 0 Å². The van der Waals surface area contributed by atoms with E-state index in [4.69, 9.17) is 33.2 Å². The summed E-state index contributed by atoms with van der Waals surface area (Å²) in [7, 11) is 0. The zero-order chi connectivity index (χ0) is 29.9. The Morgan fingerprint density at radius 3 is 1.79 bits per heavy atom. The fourth-order valence-electron chi connectivity index (χ4n) is 4.46. The molecule has 0 spiro atoms. The second-order valence-corrected chi connectivity index (χ2v) is 9.86. The molecule has 11 nitrogen and oxygen atoms in total. The molecule has 2 saturated heterocycles. The molecule has 2 aromatic carbocycles. The Morgan fingerprint density at radius 2 is 1.26 bits per heavy atom. The van der Waals surface area contributed by atoms with Crippen LogP contribution in [0.4, 0.5) is 4.79 Å². The maximum absolute atomic E-state index is 12.7. The molecule has 2 aromatic rings. The van der Waals surface area contributed by atoms with Crippen molar-refractivity contribution < 1.29 is 52.3 Å². The van der Waals surface area contributed by atoms with Crippen LogP contribution in [-0.4, -0.2) is 74.9 Å². The molecule has 0 N–H and O–H groups in total. The molecule has 0 aromatic heterocycles. The van der Waals surface area contributed by atoms with Crippen molar-refractivity contribution in [3.8, 4) is 5.75 Å². The van der Waals surface area contributed by atoms with Crippen LogP contribution in [0.3, 0.4) is 0 Å². The number of rotatable bonds is 13. The van der Waals surface area contributed by atoms with Gasteiger partial charge in [-0.3, -0.25) is 0 Å². The molecule has 2 heterocycles. The molecule has 2 aliphatic heterocycles. The summed E-state index contributed by atoms with van der Waals surface area (Å²) < 4.78 is 37.8. The molecule has 4 atom stereocenters. The van der Waals surface area contributed by atoms with Crippen molar-refractivity contribution in [3.63, 3.8) is 0 Å². The van der Waals surface area contributed by atoms with Gasteiger partial charge < -0.3 is 33.2 Å². The SMILES string of the molecule is C=CC(=O)OCCCCCCOC(=O)Oc1ccc(C(=O)O[C@H]2COC3C2OC[C@@H]3OC(=O)c2ccc(C)cc2)cc1. The van der Waals surface area contributed by atoms with Crippen LogP contribution in [0.25, 0.3) is 0 Å². The van der Waals surface area contributed by atoms with Crippen LogP contribution in [0.5, 0.6) is 5.75 Å². The summed E-state index contributed by atoms with van der Waals surface area (Å²) in [6.45, 7) is 6.02. The molecule has 0 saturated carbocycles. The minimum atomic E-state index is -0.851. The minimum absolute atomic E-state index is 0.107.